The molecule has 2 N–H and O–H groups in total. The first-order valence-electron chi connectivity index (χ1n) is 6.95. The number of nitrogens with one attached hydrogen (secondary N) is 2. The summed E-state index contributed by atoms with van der Waals surface area (Å²) in [6, 6.07) is 1.79. The number of nitrogens with zero attached hydrogens (tertiary/aromatic N) is 1. The van der Waals surface area contributed by atoms with E-state index in [0.29, 0.717) is 17.9 Å². The standard InChI is InChI=1S/C14H23N3O2/c1-11-10-13(12(2)19-11)14(18)16-4-3-7-17-8-5-15-6-9-17/h10,15H,3-9H2,1-2H3,(H,16,18). The largest absolute Gasteiger partial charge is 0.466 e. The second-order valence-electron chi connectivity index (χ2n) is 5.03. The summed E-state index contributed by atoms with van der Waals surface area (Å²) in [5.74, 6) is 1.44. The van der Waals surface area contributed by atoms with Crippen LogP contribution in [0, 0.1) is 13.8 Å². The molecule has 0 bridgehead atoms. The summed E-state index contributed by atoms with van der Waals surface area (Å²) in [4.78, 5) is 14.4. The summed E-state index contributed by atoms with van der Waals surface area (Å²) in [5.41, 5.74) is 0.652. The molecule has 1 saturated heterocycles. The lowest BCUT2D eigenvalue weighted by molar-refractivity contribution is 0.0949. The summed E-state index contributed by atoms with van der Waals surface area (Å²) in [6.07, 6.45) is 0.988. The van der Waals surface area contributed by atoms with E-state index >= 15 is 0 Å². The van der Waals surface area contributed by atoms with Crippen LogP contribution in [0.5, 0.6) is 0 Å². The van der Waals surface area contributed by atoms with Gasteiger partial charge in [0.15, 0.2) is 0 Å². The third kappa shape index (κ3) is 4.08. The van der Waals surface area contributed by atoms with Gasteiger partial charge in [0.2, 0.25) is 0 Å². The number of piperazine rings is 1. The Balaban J connectivity index is 1.67. The van der Waals surface area contributed by atoms with Crippen LogP contribution in [-0.4, -0.2) is 50.1 Å². The zero-order valence-corrected chi connectivity index (χ0v) is 11.8. The third-order valence-corrected chi connectivity index (χ3v) is 3.43. The molecule has 5 heteroatoms. The van der Waals surface area contributed by atoms with E-state index in [9.17, 15) is 4.79 Å². The van der Waals surface area contributed by atoms with Gasteiger partial charge in [0.25, 0.3) is 5.91 Å². The molecular formula is C14H23N3O2. The highest BCUT2D eigenvalue weighted by Gasteiger charge is 2.13. The Morgan fingerprint density at radius 2 is 2.16 bits per heavy atom. The van der Waals surface area contributed by atoms with Gasteiger partial charge < -0.3 is 20.0 Å². The average Bonchev–Trinajstić information content (AvgIpc) is 2.75. The van der Waals surface area contributed by atoms with Crippen LogP contribution in [0.25, 0.3) is 0 Å². The molecule has 0 atom stereocenters. The van der Waals surface area contributed by atoms with Crippen molar-refractivity contribution in [3.8, 4) is 0 Å². The van der Waals surface area contributed by atoms with Crippen LogP contribution >= 0.6 is 0 Å². The number of amides is 1. The molecule has 0 unspecified atom stereocenters. The predicted octanol–water partition coefficient (Wildman–Crippen LogP) is 0.922. The van der Waals surface area contributed by atoms with Crippen molar-refractivity contribution in [1.82, 2.24) is 15.5 Å². The number of furan rings is 1. The van der Waals surface area contributed by atoms with Gasteiger partial charge in [-0.1, -0.05) is 0 Å². The molecule has 0 radical (unpaired) electrons. The van der Waals surface area contributed by atoms with E-state index in [0.717, 1.165) is 44.9 Å². The molecule has 0 spiro atoms. The van der Waals surface area contributed by atoms with Crippen molar-refractivity contribution >= 4 is 5.91 Å². The maximum Gasteiger partial charge on any atom is 0.254 e. The number of hydrogen-bond donors (Lipinski definition) is 2. The zero-order valence-electron chi connectivity index (χ0n) is 11.8. The van der Waals surface area contributed by atoms with E-state index in [1.807, 2.05) is 13.8 Å². The fourth-order valence-electron chi connectivity index (χ4n) is 2.39. The Kier molecular flexibility index (Phi) is 4.99. The average molecular weight is 265 g/mol. The topological polar surface area (TPSA) is 57.5 Å². The molecule has 19 heavy (non-hydrogen) atoms. The first-order chi connectivity index (χ1) is 9.16. The Morgan fingerprint density at radius 1 is 1.42 bits per heavy atom. The van der Waals surface area contributed by atoms with E-state index in [-0.39, 0.29) is 5.91 Å². The Morgan fingerprint density at radius 3 is 2.79 bits per heavy atom. The minimum atomic E-state index is -0.0327. The van der Waals surface area contributed by atoms with E-state index < -0.39 is 0 Å². The minimum Gasteiger partial charge on any atom is -0.466 e. The van der Waals surface area contributed by atoms with Crippen LogP contribution in [0.3, 0.4) is 0 Å². The van der Waals surface area contributed by atoms with Gasteiger partial charge in [0.05, 0.1) is 5.56 Å². The highest BCUT2D eigenvalue weighted by Crippen LogP contribution is 2.13. The van der Waals surface area contributed by atoms with Crippen molar-refractivity contribution in [3.63, 3.8) is 0 Å². The molecule has 0 aliphatic carbocycles. The molecule has 106 valence electrons. The molecule has 1 fully saturated rings. The summed E-state index contributed by atoms with van der Waals surface area (Å²) in [6.45, 7) is 9.79. The lowest BCUT2D eigenvalue weighted by Crippen LogP contribution is -2.44. The monoisotopic (exact) mass is 265 g/mol. The fraction of sp³-hybridized carbons (Fsp3) is 0.643. The van der Waals surface area contributed by atoms with Crippen molar-refractivity contribution in [1.29, 1.82) is 0 Å². The summed E-state index contributed by atoms with van der Waals surface area (Å²) in [5, 5.41) is 6.28. The highest BCUT2D eigenvalue weighted by atomic mass is 16.3. The summed E-state index contributed by atoms with van der Waals surface area (Å²) < 4.78 is 5.36. The van der Waals surface area contributed by atoms with Gasteiger partial charge in [-0.25, -0.2) is 0 Å². The third-order valence-electron chi connectivity index (χ3n) is 3.43. The van der Waals surface area contributed by atoms with Crippen LogP contribution in [0.4, 0.5) is 0 Å². The Hall–Kier alpha value is -1.33. The molecular weight excluding hydrogens is 242 g/mol. The molecule has 1 aromatic rings. The van der Waals surface area contributed by atoms with E-state index in [2.05, 4.69) is 15.5 Å². The van der Waals surface area contributed by atoms with Crippen LogP contribution in [0.1, 0.15) is 28.3 Å². The summed E-state index contributed by atoms with van der Waals surface area (Å²) in [7, 11) is 0. The van der Waals surface area contributed by atoms with Crippen molar-refractivity contribution in [3.05, 3.63) is 23.2 Å². The van der Waals surface area contributed by atoms with Crippen molar-refractivity contribution in [2.45, 2.75) is 20.3 Å². The van der Waals surface area contributed by atoms with Gasteiger partial charge in [-0.15, -0.1) is 0 Å². The van der Waals surface area contributed by atoms with Crippen LogP contribution in [0.15, 0.2) is 10.5 Å². The molecule has 1 amide bonds. The van der Waals surface area contributed by atoms with E-state index in [4.69, 9.17) is 4.42 Å². The first-order valence-corrected chi connectivity index (χ1v) is 6.95. The Labute approximate surface area is 114 Å². The van der Waals surface area contributed by atoms with Gasteiger partial charge in [-0.2, -0.15) is 0 Å². The maximum atomic E-state index is 11.9. The van der Waals surface area contributed by atoms with Gasteiger partial charge in [-0.3, -0.25) is 4.79 Å². The molecule has 1 aliphatic heterocycles. The minimum absolute atomic E-state index is 0.0327. The van der Waals surface area contributed by atoms with Crippen molar-refractivity contribution in [2.75, 3.05) is 39.3 Å². The van der Waals surface area contributed by atoms with Crippen LogP contribution in [0.2, 0.25) is 0 Å². The summed E-state index contributed by atoms with van der Waals surface area (Å²) >= 11 is 0. The van der Waals surface area contributed by atoms with Crippen molar-refractivity contribution < 1.29 is 9.21 Å². The number of aryl methyl sites for hydroxylation is 2. The van der Waals surface area contributed by atoms with Gasteiger partial charge in [0, 0.05) is 32.7 Å². The van der Waals surface area contributed by atoms with Gasteiger partial charge in [0.1, 0.15) is 11.5 Å². The number of rotatable bonds is 5. The second-order valence-corrected chi connectivity index (χ2v) is 5.03. The second kappa shape index (κ2) is 6.73. The van der Waals surface area contributed by atoms with Gasteiger partial charge >= 0.3 is 0 Å². The van der Waals surface area contributed by atoms with Crippen molar-refractivity contribution in [2.24, 2.45) is 0 Å². The van der Waals surface area contributed by atoms with E-state index in [1.54, 1.807) is 6.07 Å². The van der Waals surface area contributed by atoms with Crippen LogP contribution < -0.4 is 10.6 Å². The molecule has 2 heterocycles. The van der Waals surface area contributed by atoms with E-state index in [1.165, 1.54) is 0 Å². The van der Waals surface area contributed by atoms with Crippen LogP contribution in [-0.2, 0) is 0 Å². The fourth-order valence-corrected chi connectivity index (χ4v) is 2.39. The quantitative estimate of drug-likeness (QED) is 0.777. The normalized spacial score (nSPS) is 16.5. The number of hydrogen-bond acceptors (Lipinski definition) is 4. The Bertz CT molecular complexity index is 422. The number of carbonyl (C=O) groups is 1. The zero-order chi connectivity index (χ0) is 13.7. The predicted molar refractivity (Wildman–Crippen MR) is 74.4 cm³/mol. The smallest absolute Gasteiger partial charge is 0.254 e. The SMILES string of the molecule is Cc1cc(C(=O)NCCCN2CCNCC2)c(C)o1. The molecule has 0 saturated carbocycles. The lowest BCUT2D eigenvalue weighted by Gasteiger charge is -2.27. The lowest BCUT2D eigenvalue weighted by atomic mass is 10.2. The molecule has 1 aromatic heterocycles. The molecule has 1 aliphatic rings. The first kappa shape index (κ1) is 14.1. The van der Waals surface area contributed by atoms with Gasteiger partial charge in [-0.05, 0) is 32.9 Å². The molecule has 5 nitrogen and oxygen atoms in total. The highest BCUT2D eigenvalue weighted by molar-refractivity contribution is 5.95. The molecule has 2 rings (SSSR count). The molecule has 0 aromatic carbocycles. The maximum absolute atomic E-state index is 11.9. The number of carbonyl (C=O) groups excluding carboxylic acids is 1.